The van der Waals surface area contributed by atoms with Crippen LogP contribution in [-0.2, 0) is 10.0 Å². The number of hydrogen-bond acceptors (Lipinski definition) is 6. The van der Waals surface area contributed by atoms with E-state index < -0.39 is 10.0 Å². The molecule has 1 fully saturated rings. The number of ether oxygens (including phenoxy) is 1. The quantitative estimate of drug-likeness (QED) is 0.429. The van der Waals surface area contributed by atoms with Crippen molar-refractivity contribution in [3.63, 3.8) is 0 Å². The zero-order valence-corrected chi connectivity index (χ0v) is 18.2. The van der Waals surface area contributed by atoms with Gasteiger partial charge in [-0.3, -0.25) is 14.7 Å². The number of rotatable bonds is 10. The van der Waals surface area contributed by atoms with E-state index in [0.717, 1.165) is 11.1 Å². The van der Waals surface area contributed by atoms with Crippen molar-refractivity contribution in [3.05, 3.63) is 67.0 Å². The number of pyridine rings is 1. The predicted molar refractivity (Wildman–Crippen MR) is 128 cm³/mol. The van der Waals surface area contributed by atoms with Crippen LogP contribution < -0.4 is 9.46 Å². The fourth-order valence-corrected chi connectivity index (χ4v) is 4.35. The summed E-state index contributed by atoms with van der Waals surface area (Å²) >= 11 is 0. The molecule has 0 unspecified atom stereocenters. The average Bonchev–Trinajstić information content (AvgIpc) is 3.62. The van der Waals surface area contributed by atoms with E-state index in [1.807, 2.05) is 18.2 Å². The molecule has 31 heavy (non-hydrogen) atoms. The van der Waals surface area contributed by atoms with Crippen LogP contribution in [0.3, 0.4) is 0 Å². The molecule has 0 radical (unpaired) electrons. The summed E-state index contributed by atoms with van der Waals surface area (Å²) in [5, 5.41) is -0.363. The Morgan fingerprint density at radius 2 is 1.97 bits per heavy atom. The van der Waals surface area contributed by atoms with Gasteiger partial charge in [-0.05, 0) is 67.3 Å². The molecule has 3 rings (SSSR count). The lowest BCUT2D eigenvalue weighted by atomic mass is 9.95. The van der Waals surface area contributed by atoms with Gasteiger partial charge in [0.25, 0.3) is 0 Å². The minimum Gasteiger partial charge on any atom is -0.480 e. The Kier molecular flexibility index (Phi) is 6.50. The van der Waals surface area contributed by atoms with Gasteiger partial charge in [-0.1, -0.05) is 19.2 Å². The van der Waals surface area contributed by atoms with Crippen LogP contribution >= 0.6 is 0 Å². The molecular weight excluding hydrogens is 412 g/mol. The van der Waals surface area contributed by atoms with Crippen LogP contribution in [0.15, 0.2) is 71.5 Å². The molecule has 1 aliphatic rings. The number of anilines is 1. The third-order valence-electron chi connectivity index (χ3n) is 4.85. The molecule has 0 saturated heterocycles. The van der Waals surface area contributed by atoms with E-state index in [0.29, 0.717) is 40.9 Å². The van der Waals surface area contributed by atoms with Crippen LogP contribution in [0.5, 0.6) is 5.88 Å². The molecule has 0 amide bonds. The average molecular weight is 437 g/mol. The maximum absolute atomic E-state index is 12.4. The van der Waals surface area contributed by atoms with E-state index in [9.17, 15) is 8.42 Å². The molecule has 0 spiro atoms. The summed E-state index contributed by atoms with van der Waals surface area (Å²) < 4.78 is 32.7. The van der Waals surface area contributed by atoms with Crippen LogP contribution in [0.1, 0.15) is 18.4 Å². The summed E-state index contributed by atoms with van der Waals surface area (Å²) in [7, 11) is -2.02. The molecule has 160 valence electrons. The molecule has 1 aromatic heterocycles. The van der Waals surface area contributed by atoms with Gasteiger partial charge in [-0.25, -0.2) is 13.4 Å². The summed E-state index contributed by atoms with van der Waals surface area (Å²) in [6.07, 6.45) is 6.17. The Balaban J connectivity index is 2.02. The molecule has 1 saturated carbocycles. The largest absolute Gasteiger partial charge is 0.480 e. The lowest BCUT2D eigenvalue weighted by Crippen LogP contribution is -2.18. The third kappa shape index (κ3) is 4.97. The second-order valence-electron chi connectivity index (χ2n) is 7.02. The Labute approximate surface area is 182 Å². The number of benzene rings is 1. The first-order valence-electron chi connectivity index (χ1n) is 9.48. The number of nitrogens with one attached hydrogen (secondary N) is 1. The van der Waals surface area contributed by atoms with Gasteiger partial charge in [-0.15, -0.1) is 0 Å². The maximum Gasteiger partial charge on any atom is 0.238 e. The second kappa shape index (κ2) is 9.09. The van der Waals surface area contributed by atoms with Gasteiger partial charge in [0.2, 0.25) is 15.9 Å². The Morgan fingerprint density at radius 3 is 2.58 bits per heavy atom. The van der Waals surface area contributed by atoms with Crippen molar-refractivity contribution in [1.82, 2.24) is 4.98 Å². The first kappa shape index (κ1) is 22.2. The predicted octanol–water partition coefficient (Wildman–Crippen LogP) is 4.78. The van der Waals surface area contributed by atoms with Crippen molar-refractivity contribution in [3.8, 4) is 17.0 Å². The minimum absolute atomic E-state index is 0.206. The number of sulfonamides is 1. The Bertz CT molecular complexity index is 1200. The van der Waals surface area contributed by atoms with Crippen LogP contribution in [0, 0.1) is 0 Å². The number of hydrogen-bond donors (Lipinski definition) is 1. The van der Waals surface area contributed by atoms with Gasteiger partial charge in [-0.2, -0.15) is 0 Å². The summed E-state index contributed by atoms with van der Waals surface area (Å²) in [6.45, 7) is 15.2. The highest BCUT2D eigenvalue weighted by Crippen LogP contribution is 2.37. The SMILES string of the molecule is C=N/C=C\C(=C)C(=C)c1cc(-c2cnc(OC)c(NS(=O)(=O)C3CC3)c2)ccc1N=C. The van der Waals surface area contributed by atoms with Crippen LogP contribution in [-0.4, -0.2) is 39.2 Å². The van der Waals surface area contributed by atoms with E-state index in [-0.39, 0.29) is 11.1 Å². The topological polar surface area (TPSA) is 93.0 Å². The maximum atomic E-state index is 12.4. The molecule has 2 aromatic rings. The number of nitrogens with zero attached hydrogens (tertiary/aromatic N) is 3. The lowest BCUT2D eigenvalue weighted by Gasteiger charge is -2.14. The molecule has 8 heteroatoms. The van der Waals surface area contributed by atoms with Gasteiger partial charge < -0.3 is 4.74 Å². The van der Waals surface area contributed by atoms with E-state index >= 15 is 0 Å². The Hall–Kier alpha value is -3.52. The number of aliphatic imine (C=N–C) groups is 2. The smallest absolute Gasteiger partial charge is 0.238 e. The zero-order chi connectivity index (χ0) is 22.6. The number of aromatic nitrogens is 1. The van der Waals surface area contributed by atoms with Crippen LogP contribution in [0.4, 0.5) is 11.4 Å². The summed E-state index contributed by atoms with van der Waals surface area (Å²) in [5.74, 6) is 0.206. The van der Waals surface area contributed by atoms with Crippen LogP contribution in [0.2, 0.25) is 0 Å². The fraction of sp³-hybridized carbons (Fsp3) is 0.174. The van der Waals surface area contributed by atoms with Crippen molar-refractivity contribution in [2.24, 2.45) is 9.98 Å². The normalized spacial score (nSPS) is 13.6. The molecule has 1 heterocycles. The molecule has 0 aliphatic heterocycles. The highest BCUT2D eigenvalue weighted by Gasteiger charge is 2.36. The van der Waals surface area contributed by atoms with Gasteiger partial charge >= 0.3 is 0 Å². The summed E-state index contributed by atoms with van der Waals surface area (Å²) in [5.41, 5.74) is 4.48. The van der Waals surface area contributed by atoms with E-state index in [1.54, 1.807) is 18.3 Å². The van der Waals surface area contributed by atoms with Gasteiger partial charge in [0.05, 0.1) is 18.0 Å². The summed E-state index contributed by atoms with van der Waals surface area (Å²) in [6, 6.07) is 7.25. The van der Waals surface area contributed by atoms with Crippen molar-refractivity contribution in [2.45, 2.75) is 18.1 Å². The molecule has 1 N–H and O–H groups in total. The van der Waals surface area contributed by atoms with Gasteiger partial charge in [0.1, 0.15) is 5.69 Å². The summed E-state index contributed by atoms with van der Waals surface area (Å²) in [4.78, 5) is 12.0. The molecular formula is C23H24N4O3S. The van der Waals surface area contributed by atoms with E-state index in [2.05, 4.69) is 46.3 Å². The first-order chi connectivity index (χ1) is 14.8. The number of methoxy groups -OCH3 is 1. The van der Waals surface area contributed by atoms with Crippen LogP contribution in [0.25, 0.3) is 16.7 Å². The first-order valence-corrected chi connectivity index (χ1v) is 11.0. The van der Waals surface area contributed by atoms with Crippen molar-refractivity contribution < 1.29 is 13.2 Å². The van der Waals surface area contributed by atoms with Gasteiger partial charge in [0, 0.05) is 23.5 Å². The monoisotopic (exact) mass is 436 g/mol. The van der Waals surface area contributed by atoms with Crippen molar-refractivity contribution in [1.29, 1.82) is 0 Å². The molecule has 0 atom stereocenters. The fourth-order valence-electron chi connectivity index (χ4n) is 2.97. The minimum atomic E-state index is -3.46. The Morgan fingerprint density at radius 1 is 1.23 bits per heavy atom. The molecule has 1 aliphatic carbocycles. The van der Waals surface area contributed by atoms with E-state index in [4.69, 9.17) is 4.74 Å². The van der Waals surface area contributed by atoms with Crippen molar-refractivity contribution in [2.75, 3.05) is 11.8 Å². The lowest BCUT2D eigenvalue weighted by molar-refractivity contribution is 0.400. The highest BCUT2D eigenvalue weighted by molar-refractivity contribution is 7.93. The van der Waals surface area contributed by atoms with E-state index in [1.165, 1.54) is 13.3 Å². The van der Waals surface area contributed by atoms with Crippen molar-refractivity contribution >= 4 is 40.4 Å². The standard InChI is InChI=1S/C23H24N4O3S/c1-15(10-11-24-3)16(2)20-12-17(6-9-21(20)25-4)18-13-22(23(30-5)26-14-18)27-31(28,29)19-7-8-19/h6,9-14,19,27H,1-4,7-8H2,5H3/b11-10-. The molecule has 0 bridgehead atoms. The molecule has 7 nitrogen and oxygen atoms in total. The zero-order valence-electron chi connectivity index (χ0n) is 17.3. The molecule has 1 aromatic carbocycles. The number of allylic oxidation sites excluding steroid dienone is 3. The highest BCUT2D eigenvalue weighted by atomic mass is 32.2. The third-order valence-corrected chi connectivity index (χ3v) is 6.71. The second-order valence-corrected chi connectivity index (χ2v) is 8.98. The van der Waals surface area contributed by atoms with Gasteiger partial charge in [0.15, 0.2) is 0 Å².